The number of ether oxygens (including phenoxy) is 1. The number of carbonyl (C=O) groups excluding carboxylic acids is 1. The zero-order valence-corrected chi connectivity index (χ0v) is 11.8. The number of cyclic esters (lactones) is 1. The third-order valence-electron chi connectivity index (χ3n) is 3.62. The summed E-state index contributed by atoms with van der Waals surface area (Å²) in [6, 6.07) is 0. The summed E-state index contributed by atoms with van der Waals surface area (Å²) < 4.78 is 5.26. The maximum atomic E-state index is 11.4. The summed E-state index contributed by atoms with van der Waals surface area (Å²) >= 11 is 0. The van der Waals surface area contributed by atoms with Gasteiger partial charge in [0.25, 0.3) is 0 Å². The molecule has 0 saturated carbocycles. The Morgan fingerprint density at radius 1 is 1.00 bits per heavy atom. The highest BCUT2D eigenvalue weighted by atomic mass is 16.5. The van der Waals surface area contributed by atoms with Crippen molar-refractivity contribution >= 4 is 5.97 Å². The van der Waals surface area contributed by atoms with Gasteiger partial charge in [0.2, 0.25) is 0 Å². The standard InChI is InChI=1S/C16H28O2/c1-15-11-9-7-5-3-2-4-6-8-10-12-16(17)18-14-13-15/h5,7,15H,2-4,6,8-14H2,1H3/b7-5+. The third-order valence-corrected chi connectivity index (χ3v) is 3.62. The van der Waals surface area contributed by atoms with Crippen LogP contribution in [0, 0.1) is 5.92 Å². The zero-order valence-electron chi connectivity index (χ0n) is 11.8. The molecule has 0 radical (unpaired) electrons. The number of esters is 1. The predicted molar refractivity (Wildman–Crippen MR) is 75.4 cm³/mol. The fraction of sp³-hybridized carbons (Fsp3) is 0.812. The Labute approximate surface area is 112 Å². The number of hydrogen-bond donors (Lipinski definition) is 0. The normalized spacial score (nSPS) is 27.4. The van der Waals surface area contributed by atoms with Crippen LogP contribution in [0.25, 0.3) is 0 Å². The van der Waals surface area contributed by atoms with Crippen LogP contribution in [0.3, 0.4) is 0 Å². The first-order valence-corrected chi connectivity index (χ1v) is 7.59. The number of allylic oxidation sites excluding steroid dienone is 2. The van der Waals surface area contributed by atoms with Gasteiger partial charge in [0.1, 0.15) is 0 Å². The zero-order chi connectivity index (χ0) is 13.1. The molecule has 1 atom stereocenters. The quantitative estimate of drug-likeness (QED) is 0.464. The summed E-state index contributed by atoms with van der Waals surface area (Å²) in [6.07, 6.45) is 15.8. The SMILES string of the molecule is CC1CC/C=C/CCCCCCCC(=O)OCC1. The van der Waals surface area contributed by atoms with E-state index in [1.807, 2.05) is 0 Å². The van der Waals surface area contributed by atoms with Gasteiger partial charge in [-0.15, -0.1) is 0 Å². The lowest BCUT2D eigenvalue weighted by atomic mass is 10.0. The molecule has 104 valence electrons. The Kier molecular flexibility index (Phi) is 8.62. The average molecular weight is 252 g/mol. The summed E-state index contributed by atoms with van der Waals surface area (Å²) in [5, 5.41) is 0. The number of rotatable bonds is 0. The van der Waals surface area contributed by atoms with Gasteiger partial charge in [-0.25, -0.2) is 0 Å². The summed E-state index contributed by atoms with van der Waals surface area (Å²) in [5.41, 5.74) is 0. The molecule has 0 aliphatic carbocycles. The van der Waals surface area contributed by atoms with Gasteiger partial charge >= 0.3 is 5.97 Å². The highest BCUT2D eigenvalue weighted by Gasteiger charge is 2.05. The van der Waals surface area contributed by atoms with Crippen LogP contribution in [0.2, 0.25) is 0 Å². The fourth-order valence-electron chi connectivity index (χ4n) is 2.27. The molecule has 0 bridgehead atoms. The molecule has 1 aliphatic rings. The first-order valence-electron chi connectivity index (χ1n) is 7.59. The van der Waals surface area contributed by atoms with E-state index in [1.165, 1.54) is 32.1 Å². The minimum atomic E-state index is -0.00538. The minimum Gasteiger partial charge on any atom is -0.466 e. The van der Waals surface area contributed by atoms with E-state index in [4.69, 9.17) is 4.74 Å². The smallest absolute Gasteiger partial charge is 0.305 e. The molecule has 0 fully saturated rings. The van der Waals surface area contributed by atoms with Crippen molar-refractivity contribution in [2.45, 2.75) is 71.1 Å². The largest absolute Gasteiger partial charge is 0.466 e. The Bertz CT molecular complexity index is 245. The maximum Gasteiger partial charge on any atom is 0.305 e. The summed E-state index contributed by atoms with van der Waals surface area (Å²) in [7, 11) is 0. The van der Waals surface area contributed by atoms with Crippen molar-refractivity contribution in [2.75, 3.05) is 6.61 Å². The summed E-state index contributed by atoms with van der Waals surface area (Å²) in [5.74, 6) is 0.643. The number of carbonyl (C=O) groups is 1. The van der Waals surface area contributed by atoms with Gasteiger partial charge in [0, 0.05) is 6.42 Å². The topological polar surface area (TPSA) is 26.3 Å². The van der Waals surface area contributed by atoms with Crippen molar-refractivity contribution < 1.29 is 9.53 Å². The van der Waals surface area contributed by atoms with Crippen LogP contribution in [0.15, 0.2) is 12.2 Å². The first-order chi connectivity index (χ1) is 8.79. The van der Waals surface area contributed by atoms with E-state index in [0.29, 0.717) is 18.9 Å². The summed E-state index contributed by atoms with van der Waals surface area (Å²) in [4.78, 5) is 11.4. The van der Waals surface area contributed by atoms with Gasteiger partial charge in [-0.05, 0) is 44.4 Å². The van der Waals surface area contributed by atoms with Gasteiger partial charge in [-0.2, -0.15) is 0 Å². The van der Waals surface area contributed by atoms with E-state index in [9.17, 15) is 4.79 Å². The molecule has 0 saturated heterocycles. The summed E-state index contributed by atoms with van der Waals surface area (Å²) in [6.45, 7) is 2.84. The van der Waals surface area contributed by atoms with Crippen molar-refractivity contribution in [2.24, 2.45) is 5.92 Å². The van der Waals surface area contributed by atoms with Gasteiger partial charge in [0.05, 0.1) is 6.61 Å². The molecule has 1 rings (SSSR count). The molecule has 0 aromatic rings. The van der Waals surface area contributed by atoms with Crippen molar-refractivity contribution in [3.05, 3.63) is 12.2 Å². The predicted octanol–water partition coefficient (Wildman–Crippen LogP) is 4.64. The highest BCUT2D eigenvalue weighted by Crippen LogP contribution is 2.13. The molecule has 0 aromatic carbocycles. The van der Waals surface area contributed by atoms with Crippen molar-refractivity contribution in [3.8, 4) is 0 Å². The fourth-order valence-corrected chi connectivity index (χ4v) is 2.27. The van der Waals surface area contributed by atoms with E-state index < -0.39 is 0 Å². The lowest BCUT2D eigenvalue weighted by Gasteiger charge is -2.10. The second-order valence-corrected chi connectivity index (χ2v) is 5.47. The van der Waals surface area contributed by atoms with Crippen molar-refractivity contribution in [1.82, 2.24) is 0 Å². The van der Waals surface area contributed by atoms with Crippen LogP contribution in [-0.4, -0.2) is 12.6 Å². The van der Waals surface area contributed by atoms with Gasteiger partial charge in [-0.1, -0.05) is 38.3 Å². The van der Waals surface area contributed by atoms with Crippen LogP contribution in [-0.2, 0) is 9.53 Å². The van der Waals surface area contributed by atoms with Crippen LogP contribution in [0.5, 0.6) is 0 Å². The van der Waals surface area contributed by atoms with E-state index in [2.05, 4.69) is 19.1 Å². The lowest BCUT2D eigenvalue weighted by molar-refractivity contribution is -0.144. The Balaban J connectivity index is 2.27. The van der Waals surface area contributed by atoms with E-state index in [-0.39, 0.29) is 5.97 Å². The molecular weight excluding hydrogens is 224 g/mol. The molecule has 0 spiro atoms. The second-order valence-electron chi connectivity index (χ2n) is 5.47. The lowest BCUT2D eigenvalue weighted by Crippen LogP contribution is -2.08. The van der Waals surface area contributed by atoms with Crippen LogP contribution in [0.4, 0.5) is 0 Å². The van der Waals surface area contributed by atoms with E-state index >= 15 is 0 Å². The maximum absolute atomic E-state index is 11.4. The van der Waals surface area contributed by atoms with Gasteiger partial charge in [0.15, 0.2) is 0 Å². The molecular formula is C16H28O2. The monoisotopic (exact) mass is 252 g/mol. The Morgan fingerprint density at radius 3 is 2.61 bits per heavy atom. The minimum absolute atomic E-state index is 0.00538. The molecule has 1 unspecified atom stereocenters. The van der Waals surface area contributed by atoms with Crippen molar-refractivity contribution in [1.29, 1.82) is 0 Å². The molecule has 1 heterocycles. The first kappa shape index (κ1) is 15.3. The van der Waals surface area contributed by atoms with Crippen molar-refractivity contribution in [3.63, 3.8) is 0 Å². The Morgan fingerprint density at radius 2 is 1.72 bits per heavy atom. The van der Waals surface area contributed by atoms with E-state index in [1.54, 1.807) is 0 Å². The van der Waals surface area contributed by atoms with Gasteiger partial charge < -0.3 is 4.74 Å². The number of hydrogen-bond acceptors (Lipinski definition) is 2. The van der Waals surface area contributed by atoms with Crippen LogP contribution in [0.1, 0.15) is 71.1 Å². The van der Waals surface area contributed by atoms with E-state index in [0.717, 1.165) is 25.7 Å². The molecule has 0 amide bonds. The van der Waals surface area contributed by atoms with Crippen LogP contribution < -0.4 is 0 Å². The molecule has 18 heavy (non-hydrogen) atoms. The molecule has 0 N–H and O–H groups in total. The third kappa shape index (κ3) is 8.32. The molecule has 2 heteroatoms. The van der Waals surface area contributed by atoms with Gasteiger partial charge in [-0.3, -0.25) is 4.79 Å². The molecule has 1 aliphatic heterocycles. The Hall–Kier alpha value is -0.790. The van der Waals surface area contributed by atoms with Crippen LogP contribution >= 0.6 is 0 Å². The molecule has 2 nitrogen and oxygen atoms in total. The average Bonchev–Trinajstić information content (AvgIpc) is 2.34. The second kappa shape index (κ2) is 10.2. The highest BCUT2D eigenvalue weighted by molar-refractivity contribution is 5.69. The molecule has 0 aromatic heterocycles.